The molecule has 1 amide bonds. The Morgan fingerprint density at radius 1 is 1.23 bits per heavy atom. The van der Waals surface area contributed by atoms with E-state index >= 15 is 0 Å². The van der Waals surface area contributed by atoms with Crippen LogP contribution < -0.4 is 10.1 Å². The fourth-order valence-electron chi connectivity index (χ4n) is 3.93. The fraction of sp³-hybridized carbons (Fsp3) is 0.500. The molecule has 0 bridgehead atoms. The lowest BCUT2D eigenvalue weighted by atomic mass is 9.77. The lowest BCUT2D eigenvalue weighted by Crippen LogP contribution is -2.45. The molecule has 1 aliphatic rings. The van der Waals surface area contributed by atoms with Gasteiger partial charge in [0.2, 0.25) is 5.91 Å². The molecule has 0 unspecified atom stereocenters. The topological polar surface area (TPSA) is 65.4 Å². The summed E-state index contributed by atoms with van der Waals surface area (Å²) in [7, 11) is 5.17. The molecule has 0 spiro atoms. The fourth-order valence-corrected chi connectivity index (χ4v) is 3.93. The molecular formula is C20H27N3O3. The number of ether oxygens (including phenoxy) is 2. The smallest absolute Gasteiger partial charge is 0.231 e. The van der Waals surface area contributed by atoms with E-state index in [0.717, 1.165) is 42.7 Å². The summed E-state index contributed by atoms with van der Waals surface area (Å²) in [6.07, 6.45) is 5.56. The number of rotatable bonds is 7. The molecule has 140 valence electrons. The van der Waals surface area contributed by atoms with Crippen LogP contribution in [-0.2, 0) is 22.0 Å². The molecule has 2 aromatic rings. The standard InChI is InChI=1S/C20H27N3O3/c1-23-18(10-13-21-23)17(14-25-2)22-19(24)20(11-4-5-12-20)15-6-8-16(26-3)9-7-15/h6-10,13,17H,4-5,11-12,14H2,1-3H3,(H,22,24)/t17-/m1/s1. The molecule has 0 saturated heterocycles. The van der Waals surface area contributed by atoms with E-state index in [0.29, 0.717) is 6.61 Å². The maximum atomic E-state index is 13.4. The van der Waals surface area contributed by atoms with Crippen molar-refractivity contribution < 1.29 is 14.3 Å². The highest BCUT2D eigenvalue weighted by Gasteiger charge is 2.43. The van der Waals surface area contributed by atoms with Gasteiger partial charge in [-0.25, -0.2) is 0 Å². The van der Waals surface area contributed by atoms with Crippen LogP contribution in [0.3, 0.4) is 0 Å². The maximum Gasteiger partial charge on any atom is 0.231 e. The number of carbonyl (C=O) groups is 1. The number of hydrogen-bond acceptors (Lipinski definition) is 4. The van der Waals surface area contributed by atoms with E-state index in [2.05, 4.69) is 10.4 Å². The molecule has 1 N–H and O–H groups in total. The van der Waals surface area contributed by atoms with E-state index in [4.69, 9.17) is 9.47 Å². The molecule has 1 atom stereocenters. The second kappa shape index (κ2) is 7.91. The molecule has 0 radical (unpaired) electrons. The third-order valence-electron chi connectivity index (χ3n) is 5.39. The molecule has 26 heavy (non-hydrogen) atoms. The summed E-state index contributed by atoms with van der Waals surface area (Å²) in [5, 5.41) is 7.43. The number of aryl methyl sites for hydroxylation is 1. The van der Waals surface area contributed by atoms with E-state index in [1.54, 1.807) is 25.1 Å². The molecule has 1 aliphatic carbocycles. The molecule has 0 aliphatic heterocycles. The highest BCUT2D eigenvalue weighted by Crippen LogP contribution is 2.42. The molecule has 1 aromatic heterocycles. The van der Waals surface area contributed by atoms with Crippen molar-refractivity contribution in [1.29, 1.82) is 0 Å². The predicted octanol–water partition coefficient (Wildman–Crippen LogP) is 2.74. The summed E-state index contributed by atoms with van der Waals surface area (Å²) in [6, 6.07) is 9.57. The largest absolute Gasteiger partial charge is 0.497 e. The van der Waals surface area contributed by atoms with Crippen LogP contribution in [0, 0.1) is 0 Å². The summed E-state index contributed by atoms with van der Waals surface area (Å²) in [5.41, 5.74) is 1.49. The first kappa shape index (κ1) is 18.5. The second-order valence-electron chi connectivity index (χ2n) is 6.88. The molecule has 1 aromatic carbocycles. The van der Waals surface area contributed by atoms with Crippen molar-refractivity contribution >= 4 is 5.91 Å². The Morgan fingerprint density at radius 2 is 1.92 bits per heavy atom. The van der Waals surface area contributed by atoms with Gasteiger partial charge in [0, 0.05) is 20.4 Å². The predicted molar refractivity (Wildman–Crippen MR) is 99.1 cm³/mol. The van der Waals surface area contributed by atoms with Crippen molar-refractivity contribution in [2.24, 2.45) is 7.05 Å². The Hall–Kier alpha value is -2.34. The van der Waals surface area contributed by atoms with Gasteiger partial charge in [0.1, 0.15) is 5.75 Å². The summed E-state index contributed by atoms with van der Waals surface area (Å²) in [4.78, 5) is 13.4. The molecule has 6 heteroatoms. The quantitative estimate of drug-likeness (QED) is 0.827. The van der Waals surface area contributed by atoms with Crippen molar-refractivity contribution in [2.45, 2.75) is 37.1 Å². The first-order chi connectivity index (χ1) is 12.6. The normalized spacial score (nSPS) is 17.0. The number of nitrogens with one attached hydrogen (secondary N) is 1. The van der Waals surface area contributed by atoms with Crippen LogP contribution in [0.25, 0.3) is 0 Å². The summed E-state index contributed by atoms with van der Waals surface area (Å²) in [6.45, 7) is 0.407. The summed E-state index contributed by atoms with van der Waals surface area (Å²) >= 11 is 0. The van der Waals surface area contributed by atoms with Crippen molar-refractivity contribution in [2.75, 3.05) is 20.8 Å². The number of nitrogens with zero attached hydrogens (tertiary/aromatic N) is 2. The van der Waals surface area contributed by atoms with Gasteiger partial charge < -0.3 is 14.8 Å². The molecule has 3 rings (SSSR count). The number of amides is 1. The third kappa shape index (κ3) is 3.46. The monoisotopic (exact) mass is 357 g/mol. The van der Waals surface area contributed by atoms with Gasteiger partial charge in [-0.2, -0.15) is 5.10 Å². The average molecular weight is 357 g/mol. The highest BCUT2D eigenvalue weighted by molar-refractivity contribution is 5.89. The molecule has 1 fully saturated rings. The number of hydrogen-bond donors (Lipinski definition) is 1. The van der Waals surface area contributed by atoms with Crippen molar-refractivity contribution in [3.8, 4) is 5.75 Å². The van der Waals surface area contributed by atoms with Gasteiger partial charge in [-0.15, -0.1) is 0 Å². The van der Waals surface area contributed by atoms with E-state index in [1.807, 2.05) is 37.4 Å². The second-order valence-corrected chi connectivity index (χ2v) is 6.88. The Labute approximate surface area is 154 Å². The van der Waals surface area contributed by atoms with Crippen LogP contribution in [-0.4, -0.2) is 36.5 Å². The van der Waals surface area contributed by atoms with Crippen LogP contribution in [0.5, 0.6) is 5.75 Å². The van der Waals surface area contributed by atoms with Crippen LogP contribution in [0.4, 0.5) is 0 Å². The molecule has 6 nitrogen and oxygen atoms in total. The van der Waals surface area contributed by atoms with Gasteiger partial charge in [0.25, 0.3) is 0 Å². The van der Waals surface area contributed by atoms with Gasteiger partial charge in [-0.3, -0.25) is 9.48 Å². The van der Waals surface area contributed by atoms with Gasteiger partial charge in [0.15, 0.2) is 0 Å². The van der Waals surface area contributed by atoms with Crippen LogP contribution in [0.2, 0.25) is 0 Å². The third-order valence-corrected chi connectivity index (χ3v) is 5.39. The first-order valence-corrected chi connectivity index (χ1v) is 9.03. The van der Waals surface area contributed by atoms with E-state index in [9.17, 15) is 4.79 Å². The SMILES string of the molecule is COC[C@@H](NC(=O)C1(c2ccc(OC)cc2)CCCC1)c1ccnn1C. The highest BCUT2D eigenvalue weighted by atomic mass is 16.5. The summed E-state index contributed by atoms with van der Waals surface area (Å²) in [5.74, 6) is 0.859. The molecule has 1 heterocycles. The first-order valence-electron chi connectivity index (χ1n) is 9.03. The molecular weight excluding hydrogens is 330 g/mol. The Kier molecular flexibility index (Phi) is 5.61. The van der Waals surface area contributed by atoms with Crippen molar-refractivity contribution in [1.82, 2.24) is 15.1 Å². The van der Waals surface area contributed by atoms with E-state index in [1.165, 1.54) is 0 Å². The van der Waals surface area contributed by atoms with Crippen LogP contribution >= 0.6 is 0 Å². The zero-order chi connectivity index (χ0) is 18.6. The number of benzene rings is 1. The molecule has 1 saturated carbocycles. The van der Waals surface area contributed by atoms with Crippen LogP contribution in [0.15, 0.2) is 36.5 Å². The Bertz CT molecular complexity index is 733. The number of methoxy groups -OCH3 is 2. The van der Waals surface area contributed by atoms with E-state index < -0.39 is 5.41 Å². The maximum absolute atomic E-state index is 13.4. The van der Waals surface area contributed by atoms with Crippen molar-refractivity contribution in [3.63, 3.8) is 0 Å². The minimum atomic E-state index is -0.489. The Morgan fingerprint density at radius 3 is 2.46 bits per heavy atom. The lowest BCUT2D eigenvalue weighted by Gasteiger charge is -2.31. The lowest BCUT2D eigenvalue weighted by molar-refractivity contribution is -0.127. The summed E-state index contributed by atoms with van der Waals surface area (Å²) < 4.78 is 12.4. The number of carbonyl (C=O) groups excluding carboxylic acids is 1. The minimum absolute atomic E-state index is 0.0587. The van der Waals surface area contributed by atoms with Gasteiger partial charge in [0.05, 0.1) is 30.9 Å². The zero-order valence-electron chi connectivity index (χ0n) is 15.7. The van der Waals surface area contributed by atoms with Gasteiger partial charge in [-0.1, -0.05) is 25.0 Å². The van der Waals surface area contributed by atoms with Gasteiger partial charge >= 0.3 is 0 Å². The Balaban J connectivity index is 1.87. The van der Waals surface area contributed by atoms with Crippen LogP contribution in [0.1, 0.15) is 43.0 Å². The number of aromatic nitrogens is 2. The zero-order valence-corrected chi connectivity index (χ0v) is 15.7. The minimum Gasteiger partial charge on any atom is -0.497 e. The average Bonchev–Trinajstić information content (AvgIpc) is 3.31. The van der Waals surface area contributed by atoms with Crippen molar-refractivity contribution in [3.05, 3.63) is 47.8 Å². The van der Waals surface area contributed by atoms with Gasteiger partial charge in [-0.05, 0) is 36.6 Å². The van der Waals surface area contributed by atoms with E-state index in [-0.39, 0.29) is 11.9 Å².